The van der Waals surface area contributed by atoms with Crippen LogP contribution in [-0.2, 0) is 6.42 Å². The van der Waals surface area contributed by atoms with Crippen molar-refractivity contribution in [1.82, 2.24) is 15.2 Å². The van der Waals surface area contributed by atoms with Gasteiger partial charge < -0.3 is 19.9 Å². The molecule has 37 heavy (non-hydrogen) atoms. The van der Waals surface area contributed by atoms with E-state index >= 15 is 0 Å². The van der Waals surface area contributed by atoms with Crippen LogP contribution in [0, 0.1) is 0 Å². The summed E-state index contributed by atoms with van der Waals surface area (Å²) in [6.45, 7) is 3.20. The van der Waals surface area contributed by atoms with Gasteiger partial charge in [0.25, 0.3) is 11.8 Å². The molecule has 1 N–H and O–H groups in total. The van der Waals surface area contributed by atoms with E-state index in [0.29, 0.717) is 49.6 Å². The maximum atomic E-state index is 13.0. The van der Waals surface area contributed by atoms with Crippen LogP contribution in [0.3, 0.4) is 0 Å². The number of anilines is 1. The van der Waals surface area contributed by atoms with Crippen molar-refractivity contribution >= 4 is 33.6 Å². The van der Waals surface area contributed by atoms with Crippen LogP contribution in [-0.4, -0.2) is 61.5 Å². The third kappa shape index (κ3) is 7.32. The summed E-state index contributed by atoms with van der Waals surface area (Å²) >= 11 is 3.47. The number of pyridine rings is 1. The number of carbonyl (C=O) groups excluding carboxylic acids is 2. The number of carbonyl (C=O) groups is 2. The SMILES string of the molecule is COc1ccc(Br)c(C(=O)N2CCN(c3ccc(C(=O)NCCCCCc4ccccc4)cn3)CC2)c1. The topological polar surface area (TPSA) is 74.8 Å². The Balaban J connectivity index is 1.19. The number of hydrogen-bond donors (Lipinski definition) is 1. The summed E-state index contributed by atoms with van der Waals surface area (Å²) in [5, 5.41) is 2.99. The first-order valence-electron chi connectivity index (χ1n) is 12.7. The molecule has 7 nitrogen and oxygen atoms in total. The maximum Gasteiger partial charge on any atom is 0.255 e. The Bertz CT molecular complexity index is 1180. The second kappa shape index (κ2) is 13.2. The van der Waals surface area contributed by atoms with E-state index < -0.39 is 0 Å². The number of nitrogens with zero attached hydrogens (tertiary/aromatic N) is 3. The van der Waals surface area contributed by atoms with Crippen molar-refractivity contribution in [1.29, 1.82) is 0 Å². The number of benzene rings is 2. The molecular formula is C29H33BrN4O3. The van der Waals surface area contributed by atoms with Crippen molar-refractivity contribution in [2.45, 2.75) is 25.7 Å². The van der Waals surface area contributed by atoms with E-state index in [-0.39, 0.29) is 11.8 Å². The lowest BCUT2D eigenvalue weighted by Gasteiger charge is -2.35. The minimum atomic E-state index is -0.0959. The molecule has 0 unspecified atom stereocenters. The molecule has 2 amide bonds. The summed E-state index contributed by atoms with van der Waals surface area (Å²) in [5.74, 6) is 1.35. The Labute approximate surface area is 227 Å². The quantitative estimate of drug-likeness (QED) is 0.352. The minimum Gasteiger partial charge on any atom is -0.497 e. The zero-order valence-corrected chi connectivity index (χ0v) is 22.7. The van der Waals surface area contributed by atoms with Gasteiger partial charge in [-0.25, -0.2) is 4.98 Å². The first-order valence-corrected chi connectivity index (χ1v) is 13.5. The second-order valence-corrected chi connectivity index (χ2v) is 9.94. The smallest absolute Gasteiger partial charge is 0.255 e. The van der Waals surface area contributed by atoms with E-state index in [1.807, 2.05) is 35.2 Å². The Morgan fingerprint density at radius 1 is 0.973 bits per heavy atom. The molecular weight excluding hydrogens is 532 g/mol. The van der Waals surface area contributed by atoms with Crippen LogP contribution in [0.4, 0.5) is 5.82 Å². The van der Waals surface area contributed by atoms with Crippen molar-refractivity contribution in [3.63, 3.8) is 0 Å². The largest absolute Gasteiger partial charge is 0.497 e. The molecule has 1 aliphatic heterocycles. The number of hydrogen-bond acceptors (Lipinski definition) is 5. The molecule has 1 saturated heterocycles. The molecule has 0 saturated carbocycles. The highest BCUT2D eigenvalue weighted by Gasteiger charge is 2.24. The molecule has 8 heteroatoms. The highest BCUT2D eigenvalue weighted by molar-refractivity contribution is 9.10. The first-order chi connectivity index (χ1) is 18.0. The fourth-order valence-corrected chi connectivity index (χ4v) is 4.81. The number of aryl methyl sites for hydroxylation is 1. The van der Waals surface area contributed by atoms with Crippen molar-refractivity contribution < 1.29 is 14.3 Å². The van der Waals surface area contributed by atoms with E-state index in [9.17, 15) is 9.59 Å². The normalized spacial score (nSPS) is 13.4. The average Bonchev–Trinajstić information content (AvgIpc) is 2.95. The third-order valence-corrected chi connectivity index (χ3v) is 7.27. The van der Waals surface area contributed by atoms with Crippen molar-refractivity contribution in [2.75, 3.05) is 44.7 Å². The molecule has 4 rings (SSSR count). The monoisotopic (exact) mass is 564 g/mol. The lowest BCUT2D eigenvalue weighted by atomic mass is 10.1. The number of ether oxygens (including phenoxy) is 1. The van der Waals surface area contributed by atoms with Gasteiger partial charge in [0, 0.05) is 43.4 Å². The molecule has 0 radical (unpaired) electrons. The number of unbranched alkanes of at least 4 members (excludes halogenated alkanes) is 2. The average molecular weight is 566 g/mol. The summed E-state index contributed by atoms with van der Waals surface area (Å²) in [7, 11) is 1.59. The molecule has 1 fully saturated rings. The van der Waals surface area contributed by atoms with Crippen LogP contribution in [0.15, 0.2) is 71.3 Å². The van der Waals surface area contributed by atoms with Crippen molar-refractivity contribution in [3.05, 3.63) is 88.0 Å². The van der Waals surface area contributed by atoms with Gasteiger partial charge in [-0.05, 0) is 71.1 Å². The van der Waals surface area contributed by atoms with E-state index in [4.69, 9.17) is 4.74 Å². The molecule has 0 atom stereocenters. The standard InChI is InChI=1S/C29H33BrN4O3/c1-37-24-12-13-26(30)25(20-24)29(36)34-18-16-33(17-19-34)27-14-11-23(21-32-27)28(35)31-15-7-3-6-10-22-8-4-2-5-9-22/h2,4-5,8-9,11-14,20-21H,3,6-7,10,15-19H2,1H3,(H,31,35). The Hall–Kier alpha value is -3.39. The van der Waals surface area contributed by atoms with Crippen LogP contribution in [0.1, 0.15) is 45.5 Å². The predicted octanol–water partition coefficient (Wildman–Crippen LogP) is 4.96. The number of rotatable bonds is 10. The molecule has 0 bridgehead atoms. The van der Waals surface area contributed by atoms with Gasteiger partial charge in [0.2, 0.25) is 0 Å². The van der Waals surface area contributed by atoms with Gasteiger partial charge in [-0.2, -0.15) is 0 Å². The second-order valence-electron chi connectivity index (χ2n) is 9.08. The number of nitrogens with one attached hydrogen (secondary N) is 1. The summed E-state index contributed by atoms with van der Waals surface area (Å²) in [5.41, 5.74) is 2.51. The zero-order chi connectivity index (χ0) is 26.0. The molecule has 1 aromatic heterocycles. The zero-order valence-electron chi connectivity index (χ0n) is 21.2. The maximum absolute atomic E-state index is 13.0. The summed E-state index contributed by atoms with van der Waals surface area (Å²) in [6.07, 6.45) is 5.85. The van der Waals surface area contributed by atoms with Gasteiger partial charge in [0.15, 0.2) is 0 Å². The molecule has 194 valence electrons. The number of aromatic nitrogens is 1. The number of halogens is 1. The molecule has 1 aliphatic rings. The highest BCUT2D eigenvalue weighted by atomic mass is 79.9. The predicted molar refractivity (Wildman–Crippen MR) is 149 cm³/mol. The Kier molecular flexibility index (Phi) is 9.54. The number of amides is 2. The number of methoxy groups -OCH3 is 1. The van der Waals surface area contributed by atoms with Crippen LogP contribution in [0.5, 0.6) is 5.75 Å². The first kappa shape index (κ1) is 26.7. The fraction of sp³-hybridized carbons (Fsp3) is 0.345. The van der Waals surface area contributed by atoms with Crippen LogP contribution in [0.2, 0.25) is 0 Å². The molecule has 2 heterocycles. The summed E-state index contributed by atoms with van der Waals surface area (Å²) in [4.78, 5) is 34.0. The van der Waals surface area contributed by atoms with E-state index in [1.165, 1.54) is 5.56 Å². The lowest BCUT2D eigenvalue weighted by Crippen LogP contribution is -2.49. The lowest BCUT2D eigenvalue weighted by molar-refractivity contribution is 0.0745. The minimum absolute atomic E-state index is 0.0227. The molecule has 3 aromatic rings. The number of piperazine rings is 1. The van der Waals surface area contributed by atoms with Crippen LogP contribution < -0.4 is 15.0 Å². The third-order valence-electron chi connectivity index (χ3n) is 6.58. The van der Waals surface area contributed by atoms with Crippen LogP contribution >= 0.6 is 15.9 Å². The van der Waals surface area contributed by atoms with E-state index in [1.54, 1.807) is 19.4 Å². The fourth-order valence-electron chi connectivity index (χ4n) is 4.39. The van der Waals surface area contributed by atoms with Crippen molar-refractivity contribution in [2.24, 2.45) is 0 Å². The highest BCUT2D eigenvalue weighted by Crippen LogP contribution is 2.25. The van der Waals surface area contributed by atoms with Gasteiger partial charge in [0.1, 0.15) is 11.6 Å². The van der Waals surface area contributed by atoms with Gasteiger partial charge in [-0.3, -0.25) is 9.59 Å². The molecule has 0 spiro atoms. The molecule has 0 aliphatic carbocycles. The van der Waals surface area contributed by atoms with Gasteiger partial charge >= 0.3 is 0 Å². The van der Waals surface area contributed by atoms with Crippen molar-refractivity contribution in [3.8, 4) is 5.75 Å². The van der Waals surface area contributed by atoms with E-state index in [2.05, 4.69) is 55.4 Å². The van der Waals surface area contributed by atoms with Gasteiger partial charge in [-0.15, -0.1) is 0 Å². The van der Waals surface area contributed by atoms with E-state index in [0.717, 1.165) is 36.0 Å². The van der Waals surface area contributed by atoms with Gasteiger partial charge in [-0.1, -0.05) is 36.8 Å². The Morgan fingerprint density at radius 2 is 1.76 bits per heavy atom. The Morgan fingerprint density at radius 3 is 2.46 bits per heavy atom. The summed E-state index contributed by atoms with van der Waals surface area (Å²) < 4.78 is 6.02. The van der Waals surface area contributed by atoms with Gasteiger partial charge in [0.05, 0.1) is 18.2 Å². The van der Waals surface area contributed by atoms with Crippen LogP contribution in [0.25, 0.3) is 0 Å². The molecule has 2 aromatic carbocycles. The summed E-state index contributed by atoms with van der Waals surface area (Å²) in [6, 6.07) is 19.6.